The van der Waals surface area contributed by atoms with Gasteiger partial charge in [-0.3, -0.25) is 0 Å². The third-order valence-corrected chi connectivity index (χ3v) is 2.56. The highest BCUT2D eigenvalue weighted by Gasteiger charge is 2.06. The van der Waals surface area contributed by atoms with Gasteiger partial charge in [-0.2, -0.15) is 0 Å². The zero-order valence-electron chi connectivity index (χ0n) is 9.69. The van der Waals surface area contributed by atoms with Crippen LogP contribution in [-0.2, 0) is 4.79 Å². The highest BCUT2D eigenvalue weighted by atomic mass is 16.3. The van der Waals surface area contributed by atoms with Crippen LogP contribution in [0.15, 0.2) is 0 Å². The third kappa shape index (κ3) is 9.88. The van der Waals surface area contributed by atoms with E-state index in [1.807, 2.05) is 0 Å². The Hall–Kier alpha value is -0.410. The summed E-state index contributed by atoms with van der Waals surface area (Å²) in [5.74, 6) is 0. The molecule has 0 fully saturated rings. The lowest BCUT2D eigenvalue weighted by molar-refractivity contribution is -0.108. The van der Waals surface area contributed by atoms with Crippen molar-refractivity contribution < 1.29 is 15.0 Å². The van der Waals surface area contributed by atoms with Crippen molar-refractivity contribution in [3.63, 3.8) is 0 Å². The molecule has 0 aliphatic heterocycles. The molecule has 0 bridgehead atoms. The highest BCUT2D eigenvalue weighted by molar-refractivity contribution is 5.48. The molecule has 2 N–H and O–H groups in total. The number of aldehydes is 1. The number of rotatable bonds is 10. The van der Waals surface area contributed by atoms with E-state index in [9.17, 15) is 15.0 Å². The van der Waals surface area contributed by atoms with Crippen molar-refractivity contribution in [2.75, 3.05) is 0 Å². The maximum absolute atomic E-state index is 10.0. The van der Waals surface area contributed by atoms with Gasteiger partial charge in [0, 0.05) is 6.42 Å². The Morgan fingerprint density at radius 3 is 2.07 bits per heavy atom. The van der Waals surface area contributed by atoms with Crippen LogP contribution in [0.25, 0.3) is 0 Å². The average Bonchev–Trinajstić information content (AvgIpc) is 2.18. The standard InChI is InChI=1S/C12H24O3/c1-2-6-11(14)8-5-9-12(15)7-3-4-10-13/h10-12,14-15H,2-9H2,1H3. The van der Waals surface area contributed by atoms with Crippen LogP contribution < -0.4 is 0 Å². The normalized spacial score (nSPS) is 14.9. The van der Waals surface area contributed by atoms with Crippen LogP contribution in [0, 0.1) is 0 Å². The van der Waals surface area contributed by atoms with Crippen LogP contribution in [0.3, 0.4) is 0 Å². The second kappa shape index (κ2) is 10.1. The summed E-state index contributed by atoms with van der Waals surface area (Å²) in [4.78, 5) is 10.0. The molecule has 0 spiro atoms. The van der Waals surface area contributed by atoms with Crippen molar-refractivity contribution in [3.05, 3.63) is 0 Å². The molecular formula is C12H24O3. The van der Waals surface area contributed by atoms with E-state index in [1.54, 1.807) is 0 Å². The van der Waals surface area contributed by atoms with Crippen molar-refractivity contribution in [2.24, 2.45) is 0 Å². The Morgan fingerprint density at radius 2 is 1.53 bits per heavy atom. The molecule has 90 valence electrons. The molecule has 0 aromatic rings. The molecule has 0 aromatic heterocycles. The molecule has 0 heterocycles. The molecule has 2 atom stereocenters. The maximum Gasteiger partial charge on any atom is 0.119 e. The summed E-state index contributed by atoms with van der Waals surface area (Å²) in [7, 11) is 0. The summed E-state index contributed by atoms with van der Waals surface area (Å²) in [6, 6.07) is 0. The van der Waals surface area contributed by atoms with Gasteiger partial charge in [-0.25, -0.2) is 0 Å². The summed E-state index contributed by atoms with van der Waals surface area (Å²) in [6.07, 6.45) is 6.60. The fraction of sp³-hybridized carbons (Fsp3) is 0.917. The van der Waals surface area contributed by atoms with E-state index in [1.165, 1.54) is 0 Å². The summed E-state index contributed by atoms with van der Waals surface area (Å²) < 4.78 is 0. The van der Waals surface area contributed by atoms with E-state index in [2.05, 4.69) is 6.92 Å². The van der Waals surface area contributed by atoms with Crippen molar-refractivity contribution in [2.45, 2.75) is 70.5 Å². The molecule has 2 unspecified atom stereocenters. The third-order valence-electron chi connectivity index (χ3n) is 2.56. The second-order valence-corrected chi connectivity index (χ2v) is 4.12. The Morgan fingerprint density at radius 1 is 1.00 bits per heavy atom. The Kier molecular flexibility index (Phi) is 9.84. The predicted octanol–water partition coefficient (Wildman–Crippen LogP) is 2.05. The zero-order valence-corrected chi connectivity index (χ0v) is 9.69. The van der Waals surface area contributed by atoms with Gasteiger partial charge in [0.15, 0.2) is 0 Å². The van der Waals surface area contributed by atoms with Crippen molar-refractivity contribution in [3.8, 4) is 0 Å². The molecule has 15 heavy (non-hydrogen) atoms. The van der Waals surface area contributed by atoms with Crippen LogP contribution in [0.2, 0.25) is 0 Å². The van der Waals surface area contributed by atoms with Gasteiger partial charge in [0.2, 0.25) is 0 Å². The Bertz CT molecular complexity index is 148. The van der Waals surface area contributed by atoms with Crippen molar-refractivity contribution in [1.82, 2.24) is 0 Å². The van der Waals surface area contributed by atoms with Crippen LogP contribution >= 0.6 is 0 Å². The van der Waals surface area contributed by atoms with E-state index in [4.69, 9.17) is 0 Å². The quantitative estimate of drug-likeness (QED) is 0.434. The average molecular weight is 216 g/mol. The minimum Gasteiger partial charge on any atom is -0.393 e. The van der Waals surface area contributed by atoms with Crippen molar-refractivity contribution in [1.29, 1.82) is 0 Å². The van der Waals surface area contributed by atoms with Gasteiger partial charge in [-0.15, -0.1) is 0 Å². The molecule has 3 nitrogen and oxygen atoms in total. The van der Waals surface area contributed by atoms with E-state index in [0.29, 0.717) is 12.8 Å². The number of aliphatic hydroxyl groups excluding tert-OH is 2. The molecule has 0 saturated carbocycles. The predicted molar refractivity (Wildman–Crippen MR) is 60.7 cm³/mol. The second-order valence-electron chi connectivity index (χ2n) is 4.12. The summed E-state index contributed by atoms with van der Waals surface area (Å²) >= 11 is 0. The first-order valence-electron chi connectivity index (χ1n) is 6.00. The van der Waals surface area contributed by atoms with E-state index in [0.717, 1.165) is 44.8 Å². The Labute approximate surface area is 92.5 Å². The van der Waals surface area contributed by atoms with Gasteiger partial charge in [-0.1, -0.05) is 13.3 Å². The number of aliphatic hydroxyl groups is 2. The largest absolute Gasteiger partial charge is 0.393 e. The number of hydrogen-bond donors (Lipinski definition) is 2. The van der Waals surface area contributed by atoms with Crippen LogP contribution in [-0.4, -0.2) is 28.7 Å². The monoisotopic (exact) mass is 216 g/mol. The molecule has 0 radical (unpaired) electrons. The summed E-state index contributed by atoms with van der Waals surface area (Å²) in [5.41, 5.74) is 0. The van der Waals surface area contributed by atoms with E-state index in [-0.39, 0.29) is 12.2 Å². The molecule has 0 aromatic carbocycles. The lowest BCUT2D eigenvalue weighted by Gasteiger charge is -2.12. The van der Waals surface area contributed by atoms with Crippen LogP contribution in [0.5, 0.6) is 0 Å². The fourth-order valence-corrected chi connectivity index (χ4v) is 1.65. The van der Waals surface area contributed by atoms with Crippen LogP contribution in [0.4, 0.5) is 0 Å². The topological polar surface area (TPSA) is 57.5 Å². The van der Waals surface area contributed by atoms with Gasteiger partial charge in [-0.05, 0) is 38.5 Å². The first-order chi connectivity index (χ1) is 7.20. The molecule has 0 saturated heterocycles. The summed E-state index contributed by atoms with van der Waals surface area (Å²) in [6.45, 7) is 2.05. The van der Waals surface area contributed by atoms with Crippen molar-refractivity contribution >= 4 is 6.29 Å². The Balaban J connectivity index is 3.29. The van der Waals surface area contributed by atoms with Crippen LogP contribution in [0.1, 0.15) is 58.3 Å². The summed E-state index contributed by atoms with van der Waals surface area (Å²) in [5, 5.41) is 19.0. The molecule has 0 aliphatic rings. The first kappa shape index (κ1) is 14.6. The minimum absolute atomic E-state index is 0.211. The minimum atomic E-state index is -0.307. The lowest BCUT2D eigenvalue weighted by Crippen LogP contribution is -2.10. The number of carbonyl (C=O) groups is 1. The fourth-order valence-electron chi connectivity index (χ4n) is 1.65. The molecule has 0 rings (SSSR count). The number of carbonyl (C=O) groups excluding carboxylic acids is 1. The van der Waals surface area contributed by atoms with Gasteiger partial charge in [0.1, 0.15) is 6.29 Å². The van der Waals surface area contributed by atoms with E-state index < -0.39 is 0 Å². The molecule has 0 amide bonds. The van der Waals surface area contributed by atoms with Gasteiger partial charge in [0.05, 0.1) is 12.2 Å². The lowest BCUT2D eigenvalue weighted by atomic mass is 10.0. The highest BCUT2D eigenvalue weighted by Crippen LogP contribution is 2.11. The van der Waals surface area contributed by atoms with Gasteiger partial charge >= 0.3 is 0 Å². The first-order valence-corrected chi connectivity index (χ1v) is 6.00. The van der Waals surface area contributed by atoms with Gasteiger partial charge < -0.3 is 15.0 Å². The zero-order chi connectivity index (χ0) is 11.5. The number of hydrogen-bond acceptors (Lipinski definition) is 3. The maximum atomic E-state index is 10.0. The SMILES string of the molecule is CCCC(O)CCCC(O)CCCC=O. The van der Waals surface area contributed by atoms with Gasteiger partial charge in [0.25, 0.3) is 0 Å². The smallest absolute Gasteiger partial charge is 0.119 e. The molecule has 3 heteroatoms. The molecular weight excluding hydrogens is 192 g/mol. The molecule has 0 aliphatic carbocycles. The number of unbranched alkanes of at least 4 members (excludes halogenated alkanes) is 1. The van der Waals surface area contributed by atoms with E-state index >= 15 is 0 Å².